The minimum atomic E-state index is -4.26. The zero-order valence-corrected chi connectivity index (χ0v) is 18.3. The molecule has 0 bridgehead atoms. The number of hydrogen-bond donors (Lipinski definition) is 2. The maximum Gasteiger partial charge on any atom is 0.425 e. The largest absolute Gasteiger partial charge is 0.463 e. The van der Waals surface area contributed by atoms with Gasteiger partial charge in [0.1, 0.15) is 17.5 Å². The van der Waals surface area contributed by atoms with Crippen molar-refractivity contribution >= 4 is 43.3 Å². The first-order valence-electron chi connectivity index (χ1n) is 8.41. The Morgan fingerprint density at radius 2 is 1.75 bits per heavy atom. The molecule has 4 N–H and O–H groups in total. The van der Waals surface area contributed by atoms with E-state index in [1.54, 1.807) is 32.3 Å². The van der Waals surface area contributed by atoms with E-state index in [4.69, 9.17) is 32.1 Å². The number of nitrogen functional groups attached to an aromatic ring is 1. The van der Waals surface area contributed by atoms with Crippen molar-refractivity contribution in [3.63, 3.8) is 0 Å². The van der Waals surface area contributed by atoms with Crippen LogP contribution in [0.1, 0.15) is 0 Å². The lowest BCUT2D eigenvalue weighted by Crippen LogP contribution is -2.19. The molecule has 1 heterocycles. The van der Waals surface area contributed by atoms with Crippen LogP contribution in [0.4, 0.5) is 11.4 Å². The molecule has 15 heteroatoms. The Kier molecular flexibility index (Phi) is 7.63. The van der Waals surface area contributed by atoms with Gasteiger partial charge in [0.15, 0.2) is 11.2 Å². The van der Waals surface area contributed by atoms with Crippen LogP contribution in [0.25, 0.3) is 22.1 Å². The first-order valence-corrected chi connectivity index (χ1v) is 10.9. The van der Waals surface area contributed by atoms with E-state index in [0.717, 1.165) is 0 Å². The molecular weight excluding hydrogens is 466 g/mol. The van der Waals surface area contributed by atoms with Gasteiger partial charge in [-0.05, 0) is 29.8 Å². The van der Waals surface area contributed by atoms with E-state index in [0.29, 0.717) is 22.2 Å². The minimum Gasteiger partial charge on any atom is -0.463 e. The molecule has 0 atom stereocenters. The molecule has 0 saturated carbocycles. The average molecular weight is 483 g/mol. The van der Waals surface area contributed by atoms with Crippen LogP contribution < -0.4 is 20.5 Å². The van der Waals surface area contributed by atoms with Gasteiger partial charge in [0.05, 0.1) is 10.9 Å². The van der Waals surface area contributed by atoms with E-state index in [1.807, 2.05) is 0 Å². The van der Waals surface area contributed by atoms with Crippen molar-refractivity contribution in [1.82, 2.24) is 5.01 Å². The zero-order valence-electron chi connectivity index (χ0n) is 16.6. The molecule has 0 fully saturated rings. The van der Waals surface area contributed by atoms with Gasteiger partial charge >= 0.3 is 20.9 Å². The van der Waals surface area contributed by atoms with Crippen LogP contribution >= 0.6 is 0 Å². The molecule has 0 amide bonds. The predicted octanol–water partition coefficient (Wildman–Crippen LogP) is 1.18. The molecule has 0 spiro atoms. The van der Waals surface area contributed by atoms with Crippen LogP contribution in [0.15, 0.2) is 62.2 Å². The topological polar surface area (TPSA) is 205 Å². The molecule has 3 rings (SSSR count). The second kappa shape index (κ2) is 9.99. The lowest BCUT2D eigenvalue weighted by Gasteiger charge is -2.09. The molecule has 0 radical (unpaired) electrons. The highest BCUT2D eigenvalue weighted by Crippen LogP contribution is 2.33. The number of hydrogen-bond acceptors (Lipinski definition) is 11. The lowest BCUT2D eigenvalue weighted by molar-refractivity contribution is 0.407. The summed E-state index contributed by atoms with van der Waals surface area (Å²) in [5.74, 6) is -0.130. The standard InChI is InChI=1S/C17H17N5O5S.O3S/c1-22(2)21-20-14-7-10(3-6-15(14)27-28(19,24)25)13-9-26-16-8-11(18)4-5-12(16)17(13)23;1-4(2)3/h3-9H,18H2,1-2H3,(H2,19,24,25);. The van der Waals surface area contributed by atoms with Crippen molar-refractivity contribution in [3.05, 3.63) is 52.9 Å². The van der Waals surface area contributed by atoms with Crippen molar-refractivity contribution in [2.45, 2.75) is 0 Å². The third kappa shape index (κ3) is 6.86. The third-order valence-electron chi connectivity index (χ3n) is 3.61. The van der Waals surface area contributed by atoms with Crippen LogP contribution in [-0.2, 0) is 20.9 Å². The van der Waals surface area contributed by atoms with Gasteiger partial charge in [-0.15, -0.1) is 17.7 Å². The zero-order chi connectivity index (χ0) is 24.1. The van der Waals surface area contributed by atoms with Gasteiger partial charge in [-0.25, -0.2) is 0 Å². The Morgan fingerprint density at radius 1 is 1.09 bits per heavy atom. The SMILES string of the molecule is CN(C)N=Nc1cc(-c2coc3cc(N)ccc3c2=O)ccc1OS(N)(=O)=O.O=S(=O)=O. The van der Waals surface area contributed by atoms with Gasteiger partial charge in [-0.2, -0.15) is 13.6 Å². The molecule has 0 aliphatic rings. The highest BCUT2D eigenvalue weighted by molar-refractivity contribution is 7.84. The summed E-state index contributed by atoms with van der Waals surface area (Å²) >= 11 is 0. The van der Waals surface area contributed by atoms with E-state index < -0.39 is 20.9 Å². The fourth-order valence-electron chi connectivity index (χ4n) is 2.44. The Labute approximate surface area is 183 Å². The maximum atomic E-state index is 12.8. The molecular formula is C17H17N5O8S2. The van der Waals surface area contributed by atoms with Crippen LogP contribution in [0.2, 0.25) is 0 Å². The van der Waals surface area contributed by atoms with E-state index in [1.165, 1.54) is 29.5 Å². The van der Waals surface area contributed by atoms with Crippen LogP contribution in [0.3, 0.4) is 0 Å². The fourth-order valence-corrected chi connectivity index (χ4v) is 2.83. The molecule has 32 heavy (non-hydrogen) atoms. The summed E-state index contributed by atoms with van der Waals surface area (Å²) in [6.07, 6.45) is 1.30. The summed E-state index contributed by atoms with van der Waals surface area (Å²) in [7, 11) is -4.10. The van der Waals surface area contributed by atoms with Crippen molar-refractivity contribution in [2.24, 2.45) is 15.5 Å². The van der Waals surface area contributed by atoms with Gasteiger partial charge in [0.2, 0.25) is 0 Å². The summed E-state index contributed by atoms with van der Waals surface area (Å²) in [6.45, 7) is 0. The molecule has 3 aromatic rings. The van der Waals surface area contributed by atoms with Gasteiger partial charge in [-0.1, -0.05) is 11.3 Å². The molecule has 0 aliphatic heterocycles. The summed E-state index contributed by atoms with van der Waals surface area (Å²) in [4.78, 5) is 12.8. The average Bonchev–Trinajstić information content (AvgIpc) is 2.66. The molecule has 2 aromatic carbocycles. The summed E-state index contributed by atoms with van der Waals surface area (Å²) in [5.41, 5.74) is 7.00. The van der Waals surface area contributed by atoms with Gasteiger partial charge in [0, 0.05) is 25.8 Å². The molecule has 0 unspecified atom stereocenters. The van der Waals surface area contributed by atoms with Crippen molar-refractivity contribution in [2.75, 3.05) is 19.8 Å². The molecule has 13 nitrogen and oxygen atoms in total. The van der Waals surface area contributed by atoms with Crippen LogP contribution in [0, 0.1) is 0 Å². The quantitative estimate of drug-likeness (QED) is 0.301. The Bertz CT molecular complexity index is 1440. The fraction of sp³-hybridized carbons (Fsp3) is 0.118. The first-order chi connectivity index (χ1) is 14.9. The van der Waals surface area contributed by atoms with Crippen molar-refractivity contribution in [3.8, 4) is 16.9 Å². The minimum absolute atomic E-state index is 0.0667. The van der Waals surface area contributed by atoms with E-state index >= 15 is 0 Å². The molecule has 0 aliphatic carbocycles. The lowest BCUT2D eigenvalue weighted by atomic mass is 10.0. The smallest absolute Gasteiger partial charge is 0.425 e. The van der Waals surface area contributed by atoms with Crippen LogP contribution in [-0.4, -0.2) is 40.1 Å². The number of nitrogens with two attached hydrogens (primary N) is 2. The van der Waals surface area contributed by atoms with E-state index in [2.05, 4.69) is 10.3 Å². The van der Waals surface area contributed by atoms with Crippen molar-refractivity contribution < 1.29 is 29.6 Å². The second-order valence-corrected chi connectivity index (χ2v) is 7.79. The third-order valence-corrected chi connectivity index (χ3v) is 4.02. The number of anilines is 1. The number of rotatable bonds is 5. The Morgan fingerprint density at radius 3 is 2.34 bits per heavy atom. The first kappa shape index (κ1) is 24.4. The van der Waals surface area contributed by atoms with Gasteiger partial charge in [0.25, 0.3) is 0 Å². The van der Waals surface area contributed by atoms with Crippen LogP contribution in [0.5, 0.6) is 5.75 Å². The summed E-state index contributed by atoms with van der Waals surface area (Å²) in [6, 6.07) is 9.00. The van der Waals surface area contributed by atoms with Gasteiger partial charge in [-0.3, -0.25) is 9.80 Å². The second-order valence-electron chi connectivity index (χ2n) is 6.23. The number of fused-ring (bicyclic) bond motifs is 1. The van der Waals surface area contributed by atoms with E-state index in [9.17, 15) is 13.2 Å². The van der Waals surface area contributed by atoms with E-state index in [-0.39, 0.29) is 22.4 Å². The molecule has 1 aromatic heterocycles. The van der Waals surface area contributed by atoms with Crippen molar-refractivity contribution in [1.29, 1.82) is 0 Å². The number of benzene rings is 2. The Hall–Kier alpha value is -3.82. The highest BCUT2D eigenvalue weighted by Gasteiger charge is 2.15. The number of nitrogens with zero attached hydrogens (tertiary/aromatic N) is 3. The summed E-state index contributed by atoms with van der Waals surface area (Å²) in [5, 5.41) is 14.5. The Balaban J connectivity index is 0.000000837. The van der Waals surface area contributed by atoms with Gasteiger partial charge < -0.3 is 14.3 Å². The highest BCUT2D eigenvalue weighted by atomic mass is 32.2. The monoisotopic (exact) mass is 483 g/mol. The molecule has 0 saturated heterocycles. The normalized spacial score (nSPS) is 11.1. The molecule has 170 valence electrons. The maximum absolute atomic E-state index is 12.8. The summed E-state index contributed by atoms with van der Waals surface area (Å²) < 4.78 is 58.1. The predicted molar refractivity (Wildman–Crippen MR) is 114 cm³/mol.